The van der Waals surface area contributed by atoms with Crippen LogP contribution in [0.4, 0.5) is 0 Å². The molecular weight excluding hydrogens is 344 g/mol. The highest BCUT2D eigenvalue weighted by atomic mass is 32.2. The van der Waals surface area contributed by atoms with Gasteiger partial charge < -0.3 is 9.64 Å². The highest BCUT2D eigenvalue weighted by molar-refractivity contribution is 8.00. The summed E-state index contributed by atoms with van der Waals surface area (Å²) in [5, 5.41) is 1.81. The van der Waals surface area contributed by atoms with Gasteiger partial charge >= 0.3 is 0 Å². The van der Waals surface area contributed by atoms with Crippen molar-refractivity contribution in [3.63, 3.8) is 0 Å². The SMILES string of the molecule is O=C(CSC1CCCC1)N1CCC(Oc2cccc3cccnc23)CC1. The number of nitrogens with zero attached hydrogens (tertiary/aromatic N) is 2. The number of carbonyl (C=O) groups is 1. The molecule has 4 rings (SSSR count). The smallest absolute Gasteiger partial charge is 0.232 e. The van der Waals surface area contributed by atoms with Gasteiger partial charge in [0.2, 0.25) is 5.91 Å². The van der Waals surface area contributed by atoms with Gasteiger partial charge in [-0.25, -0.2) is 0 Å². The standard InChI is InChI=1S/C21H26N2O2S/c24-20(15-26-18-7-1-2-8-18)23-13-10-17(11-14-23)25-19-9-3-5-16-6-4-12-22-21(16)19/h3-6,9,12,17-18H,1-2,7-8,10-11,13-15H2. The molecule has 0 bridgehead atoms. The van der Waals surface area contributed by atoms with Crippen LogP contribution in [0.5, 0.6) is 5.75 Å². The molecule has 1 saturated carbocycles. The molecule has 138 valence electrons. The zero-order valence-corrected chi connectivity index (χ0v) is 15.9. The topological polar surface area (TPSA) is 42.4 Å². The Kier molecular flexibility index (Phi) is 5.63. The maximum Gasteiger partial charge on any atom is 0.232 e. The molecule has 0 atom stereocenters. The number of rotatable bonds is 5. The van der Waals surface area contributed by atoms with Gasteiger partial charge in [0.15, 0.2) is 0 Å². The lowest BCUT2D eigenvalue weighted by molar-refractivity contribution is -0.130. The minimum Gasteiger partial charge on any atom is -0.488 e. The molecule has 1 saturated heterocycles. The number of piperidine rings is 1. The van der Waals surface area contributed by atoms with E-state index in [0.717, 1.165) is 42.6 Å². The summed E-state index contributed by atoms with van der Waals surface area (Å²) < 4.78 is 6.23. The first kappa shape index (κ1) is 17.7. The van der Waals surface area contributed by atoms with Crippen molar-refractivity contribution in [1.82, 2.24) is 9.88 Å². The lowest BCUT2D eigenvalue weighted by atomic mass is 10.1. The van der Waals surface area contributed by atoms with Gasteiger partial charge in [-0.1, -0.05) is 31.0 Å². The van der Waals surface area contributed by atoms with Crippen LogP contribution in [0.15, 0.2) is 36.5 Å². The summed E-state index contributed by atoms with van der Waals surface area (Å²) in [6, 6.07) is 10.1. The van der Waals surface area contributed by atoms with Gasteiger partial charge in [-0.3, -0.25) is 9.78 Å². The van der Waals surface area contributed by atoms with E-state index in [2.05, 4.69) is 17.1 Å². The lowest BCUT2D eigenvalue weighted by Gasteiger charge is -2.32. The van der Waals surface area contributed by atoms with E-state index >= 15 is 0 Å². The maximum absolute atomic E-state index is 12.4. The largest absolute Gasteiger partial charge is 0.488 e. The number of benzene rings is 1. The number of likely N-dealkylation sites (tertiary alicyclic amines) is 1. The molecule has 2 heterocycles. The molecule has 26 heavy (non-hydrogen) atoms. The Morgan fingerprint density at radius 1 is 1.12 bits per heavy atom. The van der Waals surface area contributed by atoms with E-state index in [0.29, 0.717) is 16.9 Å². The highest BCUT2D eigenvalue weighted by Gasteiger charge is 2.25. The fraction of sp³-hybridized carbons (Fsp3) is 0.524. The fourth-order valence-electron chi connectivity index (χ4n) is 3.91. The fourth-order valence-corrected chi connectivity index (χ4v) is 5.14. The lowest BCUT2D eigenvalue weighted by Crippen LogP contribution is -2.42. The van der Waals surface area contributed by atoms with Crippen LogP contribution in [0, 0.1) is 0 Å². The number of amides is 1. The zero-order valence-electron chi connectivity index (χ0n) is 15.1. The molecule has 1 aliphatic carbocycles. The van der Waals surface area contributed by atoms with Crippen LogP contribution >= 0.6 is 11.8 Å². The average molecular weight is 371 g/mol. The summed E-state index contributed by atoms with van der Waals surface area (Å²) in [6.45, 7) is 1.60. The monoisotopic (exact) mass is 370 g/mol. The molecule has 4 nitrogen and oxygen atoms in total. The van der Waals surface area contributed by atoms with Crippen LogP contribution in [0.25, 0.3) is 10.9 Å². The van der Waals surface area contributed by atoms with Crippen LogP contribution in [0.3, 0.4) is 0 Å². The van der Waals surface area contributed by atoms with Gasteiger partial charge in [-0.2, -0.15) is 0 Å². The molecule has 0 N–H and O–H groups in total. The Hall–Kier alpha value is -1.75. The van der Waals surface area contributed by atoms with Crippen molar-refractivity contribution in [2.75, 3.05) is 18.8 Å². The third-order valence-corrected chi connectivity index (χ3v) is 6.79. The van der Waals surface area contributed by atoms with E-state index in [1.54, 1.807) is 6.20 Å². The number of fused-ring (bicyclic) bond motifs is 1. The van der Waals surface area contributed by atoms with Crippen molar-refractivity contribution in [3.05, 3.63) is 36.5 Å². The Labute approximate surface area is 159 Å². The third kappa shape index (κ3) is 4.14. The number of ether oxygens (including phenoxy) is 1. The Morgan fingerprint density at radius 2 is 1.88 bits per heavy atom. The van der Waals surface area contributed by atoms with Gasteiger partial charge in [-0.15, -0.1) is 11.8 Å². The minimum atomic E-state index is 0.161. The van der Waals surface area contributed by atoms with Crippen molar-refractivity contribution in [3.8, 4) is 5.75 Å². The summed E-state index contributed by atoms with van der Waals surface area (Å²) in [6.07, 6.45) is 8.98. The number of pyridine rings is 1. The number of hydrogen-bond donors (Lipinski definition) is 0. The van der Waals surface area contributed by atoms with E-state index < -0.39 is 0 Å². The summed E-state index contributed by atoms with van der Waals surface area (Å²) in [4.78, 5) is 18.9. The van der Waals surface area contributed by atoms with Crippen molar-refractivity contribution in [1.29, 1.82) is 0 Å². The second-order valence-electron chi connectivity index (χ2n) is 7.25. The second-order valence-corrected chi connectivity index (χ2v) is 8.54. The van der Waals surface area contributed by atoms with Crippen LogP contribution in [-0.2, 0) is 4.79 Å². The molecule has 1 aliphatic heterocycles. The van der Waals surface area contributed by atoms with Gasteiger partial charge in [0.25, 0.3) is 0 Å². The normalized spacial score (nSPS) is 19.2. The Balaban J connectivity index is 1.28. The first-order valence-electron chi connectivity index (χ1n) is 9.69. The quantitative estimate of drug-likeness (QED) is 0.788. The van der Waals surface area contributed by atoms with Crippen molar-refractivity contribution >= 4 is 28.6 Å². The molecule has 1 aromatic carbocycles. The Morgan fingerprint density at radius 3 is 2.69 bits per heavy atom. The maximum atomic E-state index is 12.4. The number of hydrogen-bond acceptors (Lipinski definition) is 4. The molecule has 2 fully saturated rings. The predicted molar refractivity (Wildman–Crippen MR) is 107 cm³/mol. The van der Waals surface area contributed by atoms with Crippen LogP contribution < -0.4 is 4.74 Å². The highest BCUT2D eigenvalue weighted by Crippen LogP contribution is 2.30. The van der Waals surface area contributed by atoms with Gasteiger partial charge in [-0.05, 0) is 25.0 Å². The summed E-state index contributed by atoms with van der Waals surface area (Å²) in [7, 11) is 0. The number of carbonyl (C=O) groups excluding carboxylic acids is 1. The molecule has 2 aromatic rings. The molecule has 1 aromatic heterocycles. The first-order valence-corrected chi connectivity index (χ1v) is 10.7. The van der Waals surface area contributed by atoms with Crippen LogP contribution in [0.1, 0.15) is 38.5 Å². The second kappa shape index (κ2) is 8.30. The van der Waals surface area contributed by atoms with Gasteiger partial charge in [0.1, 0.15) is 17.4 Å². The molecule has 0 spiro atoms. The van der Waals surface area contributed by atoms with E-state index in [-0.39, 0.29) is 6.10 Å². The van der Waals surface area contributed by atoms with Gasteiger partial charge in [0, 0.05) is 42.8 Å². The Bertz CT molecular complexity index is 747. The zero-order chi connectivity index (χ0) is 17.8. The van der Waals surface area contributed by atoms with E-state index in [1.165, 1.54) is 25.7 Å². The summed E-state index contributed by atoms with van der Waals surface area (Å²) in [5.74, 6) is 1.79. The predicted octanol–water partition coefficient (Wildman–Crippen LogP) is 4.28. The average Bonchev–Trinajstić information content (AvgIpc) is 3.21. The first-order chi connectivity index (χ1) is 12.8. The molecular formula is C21H26N2O2S. The number of para-hydroxylation sites is 1. The molecule has 5 heteroatoms. The van der Waals surface area contributed by atoms with E-state index in [9.17, 15) is 4.79 Å². The minimum absolute atomic E-state index is 0.161. The van der Waals surface area contributed by atoms with Crippen molar-refractivity contribution in [2.24, 2.45) is 0 Å². The number of aromatic nitrogens is 1. The molecule has 2 aliphatic rings. The van der Waals surface area contributed by atoms with Crippen LogP contribution in [-0.4, -0.2) is 46.0 Å². The van der Waals surface area contributed by atoms with Gasteiger partial charge in [0.05, 0.1) is 5.75 Å². The summed E-state index contributed by atoms with van der Waals surface area (Å²) in [5.41, 5.74) is 0.918. The molecule has 1 amide bonds. The summed E-state index contributed by atoms with van der Waals surface area (Å²) >= 11 is 1.86. The van der Waals surface area contributed by atoms with Crippen molar-refractivity contribution < 1.29 is 9.53 Å². The van der Waals surface area contributed by atoms with E-state index in [4.69, 9.17) is 4.74 Å². The molecule has 0 unspecified atom stereocenters. The van der Waals surface area contributed by atoms with Crippen molar-refractivity contribution in [2.45, 2.75) is 49.9 Å². The third-order valence-electron chi connectivity index (χ3n) is 5.43. The van der Waals surface area contributed by atoms with E-state index in [1.807, 2.05) is 34.9 Å². The molecule has 0 radical (unpaired) electrons. The number of thioether (sulfide) groups is 1. The van der Waals surface area contributed by atoms with Crippen LogP contribution in [0.2, 0.25) is 0 Å².